The first-order chi connectivity index (χ1) is 13.2. The van der Waals surface area contributed by atoms with Gasteiger partial charge < -0.3 is 9.84 Å². The molecule has 0 spiro atoms. The van der Waals surface area contributed by atoms with Gasteiger partial charge in [-0.3, -0.25) is 9.55 Å². The molecule has 1 atom stereocenters. The van der Waals surface area contributed by atoms with Crippen molar-refractivity contribution in [3.8, 4) is 17.1 Å². The molecule has 2 heterocycles. The molecule has 1 N–H and O–H groups in total. The van der Waals surface area contributed by atoms with E-state index < -0.39 is 6.10 Å². The number of rotatable bonds is 9. The molecule has 3 rings (SSSR count). The van der Waals surface area contributed by atoms with Gasteiger partial charge in [-0.15, -0.1) is 16.8 Å². The average molecular weight is 447 g/mol. The number of aromatic nitrogens is 4. The zero-order valence-corrected chi connectivity index (χ0v) is 16.9. The van der Waals surface area contributed by atoms with E-state index in [1.165, 1.54) is 11.8 Å². The maximum Gasteiger partial charge on any atom is 0.191 e. The van der Waals surface area contributed by atoms with Crippen LogP contribution in [0.3, 0.4) is 0 Å². The molecule has 0 saturated heterocycles. The van der Waals surface area contributed by atoms with Crippen molar-refractivity contribution in [3.05, 3.63) is 65.9 Å². The standard InChI is InChI=1S/C19H19BrN4O2S/c1-2-10-24-18(14-6-8-21-9-7-14)22-23-19(24)27-13-16(25)12-26-17-5-3-4-15(20)11-17/h2-9,11,16,25H,1,10,12-13H2/t16-/m1/s1. The monoisotopic (exact) mass is 446 g/mol. The topological polar surface area (TPSA) is 73.1 Å². The van der Waals surface area contributed by atoms with Crippen molar-refractivity contribution in [1.82, 2.24) is 19.7 Å². The Bertz CT molecular complexity index is 888. The van der Waals surface area contributed by atoms with Crippen LogP contribution in [0, 0.1) is 0 Å². The first kappa shape index (κ1) is 19.6. The number of pyridine rings is 1. The smallest absolute Gasteiger partial charge is 0.191 e. The van der Waals surface area contributed by atoms with Gasteiger partial charge in [0.05, 0.1) is 6.10 Å². The summed E-state index contributed by atoms with van der Waals surface area (Å²) in [5, 5.41) is 19.5. The second kappa shape index (κ2) is 9.68. The summed E-state index contributed by atoms with van der Waals surface area (Å²) in [6.45, 7) is 4.59. The van der Waals surface area contributed by atoms with E-state index in [1.54, 1.807) is 18.5 Å². The average Bonchev–Trinajstić information content (AvgIpc) is 3.08. The number of benzene rings is 1. The number of halogens is 1. The minimum Gasteiger partial charge on any atom is -0.491 e. The third kappa shape index (κ3) is 5.41. The van der Waals surface area contributed by atoms with E-state index in [1.807, 2.05) is 41.0 Å². The van der Waals surface area contributed by atoms with E-state index in [4.69, 9.17) is 4.74 Å². The van der Waals surface area contributed by atoms with Gasteiger partial charge in [0.25, 0.3) is 0 Å². The molecule has 3 aromatic rings. The summed E-state index contributed by atoms with van der Waals surface area (Å²) >= 11 is 4.83. The van der Waals surface area contributed by atoms with E-state index >= 15 is 0 Å². The van der Waals surface area contributed by atoms with Crippen LogP contribution in [-0.2, 0) is 6.54 Å². The van der Waals surface area contributed by atoms with Crippen molar-refractivity contribution >= 4 is 27.7 Å². The van der Waals surface area contributed by atoms with Crippen LogP contribution < -0.4 is 4.74 Å². The lowest BCUT2D eigenvalue weighted by molar-refractivity contribution is 0.126. The summed E-state index contributed by atoms with van der Waals surface area (Å²) in [7, 11) is 0. The van der Waals surface area contributed by atoms with Crippen LogP contribution in [0.1, 0.15) is 0 Å². The van der Waals surface area contributed by atoms with Crippen LogP contribution >= 0.6 is 27.7 Å². The summed E-state index contributed by atoms with van der Waals surface area (Å²) in [5.74, 6) is 1.91. The van der Waals surface area contributed by atoms with Crippen LogP contribution in [0.4, 0.5) is 0 Å². The number of aliphatic hydroxyl groups is 1. The second-order valence-corrected chi connectivity index (χ2v) is 7.58. The van der Waals surface area contributed by atoms with Crippen LogP contribution in [0.15, 0.2) is 71.1 Å². The first-order valence-electron chi connectivity index (χ1n) is 8.31. The lowest BCUT2D eigenvalue weighted by Gasteiger charge is -2.13. The van der Waals surface area contributed by atoms with Crippen molar-refractivity contribution < 1.29 is 9.84 Å². The maximum atomic E-state index is 10.2. The Hall–Kier alpha value is -2.16. The predicted molar refractivity (Wildman–Crippen MR) is 110 cm³/mol. The van der Waals surface area contributed by atoms with E-state index in [9.17, 15) is 5.11 Å². The number of aliphatic hydroxyl groups excluding tert-OH is 1. The van der Waals surface area contributed by atoms with Gasteiger partial charge in [0.15, 0.2) is 11.0 Å². The molecule has 27 heavy (non-hydrogen) atoms. The number of hydrogen-bond acceptors (Lipinski definition) is 6. The molecule has 0 bridgehead atoms. The van der Waals surface area contributed by atoms with Crippen molar-refractivity contribution in [3.63, 3.8) is 0 Å². The quantitative estimate of drug-likeness (QED) is 0.397. The lowest BCUT2D eigenvalue weighted by atomic mass is 10.2. The number of allylic oxidation sites excluding steroid dienone is 1. The van der Waals surface area contributed by atoms with E-state index in [-0.39, 0.29) is 6.61 Å². The summed E-state index contributed by atoms with van der Waals surface area (Å²) in [5.41, 5.74) is 0.935. The molecule has 0 aliphatic heterocycles. The Morgan fingerprint density at radius 2 is 2.07 bits per heavy atom. The van der Waals surface area contributed by atoms with Crippen molar-refractivity contribution in [2.45, 2.75) is 17.8 Å². The van der Waals surface area contributed by atoms with Gasteiger partial charge in [0, 0.05) is 34.7 Å². The molecular weight excluding hydrogens is 428 g/mol. The van der Waals surface area contributed by atoms with Crippen molar-refractivity contribution in [2.75, 3.05) is 12.4 Å². The minimum atomic E-state index is -0.632. The number of hydrogen-bond donors (Lipinski definition) is 1. The van der Waals surface area contributed by atoms with Crippen LogP contribution in [-0.4, -0.2) is 43.3 Å². The minimum absolute atomic E-state index is 0.205. The van der Waals surface area contributed by atoms with Gasteiger partial charge in [0.2, 0.25) is 0 Å². The van der Waals surface area contributed by atoms with Gasteiger partial charge >= 0.3 is 0 Å². The molecule has 0 amide bonds. The largest absolute Gasteiger partial charge is 0.491 e. The fraction of sp³-hybridized carbons (Fsp3) is 0.211. The molecule has 1 aromatic carbocycles. The molecule has 0 saturated carbocycles. The highest BCUT2D eigenvalue weighted by atomic mass is 79.9. The Kier molecular flexibility index (Phi) is 7.03. The van der Waals surface area contributed by atoms with Crippen LogP contribution in [0.25, 0.3) is 11.4 Å². The molecule has 0 fully saturated rings. The van der Waals surface area contributed by atoms with E-state index in [2.05, 4.69) is 37.7 Å². The number of ether oxygens (including phenoxy) is 1. The summed E-state index contributed by atoms with van der Waals surface area (Å²) in [6.07, 6.45) is 4.61. The second-order valence-electron chi connectivity index (χ2n) is 5.67. The molecule has 140 valence electrons. The molecule has 6 nitrogen and oxygen atoms in total. The highest BCUT2D eigenvalue weighted by molar-refractivity contribution is 9.10. The lowest BCUT2D eigenvalue weighted by Crippen LogP contribution is -2.20. The molecule has 8 heteroatoms. The van der Waals surface area contributed by atoms with Gasteiger partial charge in [0.1, 0.15) is 12.4 Å². The fourth-order valence-electron chi connectivity index (χ4n) is 2.37. The number of nitrogens with zero attached hydrogens (tertiary/aromatic N) is 4. The van der Waals surface area contributed by atoms with Gasteiger partial charge in [-0.05, 0) is 30.3 Å². The summed E-state index contributed by atoms with van der Waals surface area (Å²) < 4.78 is 8.53. The predicted octanol–water partition coefficient (Wildman–Crippen LogP) is 3.82. The summed E-state index contributed by atoms with van der Waals surface area (Å²) in [4.78, 5) is 4.03. The molecule has 0 radical (unpaired) electrons. The Balaban J connectivity index is 1.61. The van der Waals surface area contributed by atoms with Crippen molar-refractivity contribution in [1.29, 1.82) is 0 Å². The summed E-state index contributed by atoms with van der Waals surface area (Å²) in [6, 6.07) is 11.3. The molecular formula is C19H19BrN4O2S. The normalized spacial score (nSPS) is 11.9. The van der Waals surface area contributed by atoms with E-state index in [0.717, 1.165) is 21.0 Å². The van der Waals surface area contributed by atoms with Crippen LogP contribution in [0.5, 0.6) is 5.75 Å². The fourth-order valence-corrected chi connectivity index (χ4v) is 3.60. The Labute approximate surface area is 170 Å². The zero-order chi connectivity index (χ0) is 19.1. The Morgan fingerprint density at radius 3 is 2.81 bits per heavy atom. The highest BCUT2D eigenvalue weighted by Crippen LogP contribution is 2.24. The van der Waals surface area contributed by atoms with Gasteiger partial charge in [-0.1, -0.05) is 39.8 Å². The zero-order valence-electron chi connectivity index (χ0n) is 14.5. The molecule has 0 unspecified atom stereocenters. The maximum absolute atomic E-state index is 10.2. The van der Waals surface area contributed by atoms with E-state index in [0.29, 0.717) is 18.0 Å². The van der Waals surface area contributed by atoms with Gasteiger partial charge in [-0.25, -0.2) is 0 Å². The SMILES string of the molecule is C=CCn1c(SC[C@H](O)COc2cccc(Br)c2)nnc1-c1ccncc1. The highest BCUT2D eigenvalue weighted by Gasteiger charge is 2.15. The third-order valence-corrected chi connectivity index (χ3v) is 5.22. The first-order valence-corrected chi connectivity index (χ1v) is 10.1. The van der Waals surface area contributed by atoms with Crippen LogP contribution in [0.2, 0.25) is 0 Å². The molecule has 2 aromatic heterocycles. The number of thioether (sulfide) groups is 1. The molecule has 0 aliphatic carbocycles. The molecule has 0 aliphatic rings. The van der Waals surface area contributed by atoms with Gasteiger partial charge in [-0.2, -0.15) is 0 Å². The Morgan fingerprint density at radius 1 is 1.26 bits per heavy atom. The third-order valence-electron chi connectivity index (χ3n) is 3.61. The van der Waals surface area contributed by atoms with Crippen molar-refractivity contribution in [2.24, 2.45) is 0 Å².